The van der Waals surface area contributed by atoms with Crippen molar-refractivity contribution in [1.29, 1.82) is 0 Å². The Kier molecular flexibility index (Phi) is 10.9. The van der Waals surface area contributed by atoms with E-state index in [0.717, 1.165) is 31.7 Å². The molecule has 1 unspecified atom stereocenters. The zero-order valence-electron chi connectivity index (χ0n) is 17.9. The lowest BCUT2D eigenvalue weighted by molar-refractivity contribution is -0.145. The molecular formula is C23H28ClN3O4S. The van der Waals surface area contributed by atoms with Crippen LogP contribution in [0.1, 0.15) is 22.8 Å². The number of piperazine rings is 1. The Morgan fingerprint density at radius 2 is 1.88 bits per heavy atom. The maximum Gasteiger partial charge on any atom is 0.328 e. The van der Waals surface area contributed by atoms with Crippen LogP contribution >= 0.6 is 23.8 Å². The Bertz CT molecular complexity index is 889. The Labute approximate surface area is 198 Å². The van der Waals surface area contributed by atoms with Crippen molar-refractivity contribution >= 4 is 41.2 Å². The SMILES string of the molecule is CCOC(=O)C(Cc1ccc(O)cc1)NC(=O)c1ccccc1Cl.S=CN1CCNCC1. The zero-order valence-corrected chi connectivity index (χ0v) is 19.5. The van der Waals surface area contributed by atoms with Gasteiger partial charge in [0.1, 0.15) is 11.8 Å². The molecule has 3 N–H and O–H groups in total. The highest BCUT2D eigenvalue weighted by atomic mass is 35.5. The molecule has 2 aromatic rings. The number of halogens is 1. The molecule has 1 aliphatic rings. The minimum Gasteiger partial charge on any atom is -0.508 e. The first kappa shape index (κ1) is 25.6. The van der Waals surface area contributed by atoms with Gasteiger partial charge < -0.3 is 25.4 Å². The molecule has 172 valence electrons. The molecule has 1 aliphatic heterocycles. The summed E-state index contributed by atoms with van der Waals surface area (Å²) in [5.74, 6) is -0.838. The van der Waals surface area contributed by atoms with Gasteiger partial charge in [0, 0.05) is 32.6 Å². The maximum absolute atomic E-state index is 12.4. The van der Waals surface area contributed by atoms with Crippen LogP contribution in [0.4, 0.5) is 0 Å². The molecule has 0 aliphatic carbocycles. The monoisotopic (exact) mass is 477 g/mol. The number of aromatic hydroxyl groups is 1. The first-order valence-corrected chi connectivity index (χ1v) is 11.2. The molecule has 1 atom stereocenters. The number of nitrogens with zero attached hydrogens (tertiary/aromatic N) is 1. The summed E-state index contributed by atoms with van der Waals surface area (Å²) in [5, 5.41) is 15.5. The number of carbonyl (C=O) groups excluding carboxylic acids is 2. The van der Waals surface area contributed by atoms with Gasteiger partial charge in [-0.05, 0) is 36.8 Å². The molecule has 7 nitrogen and oxygen atoms in total. The molecule has 0 saturated carbocycles. The molecule has 0 bridgehead atoms. The predicted molar refractivity (Wildman–Crippen MR) is 129 cm³/mol. The molecule has 2 aromatic carbocycles. The van der Waals surface area contributed by atoms with Crippen LogP contribution in [-0.4, -0.2) is 66.2 Å². The average Bonchev–Trinajstić information content (AvgIpc) is 2.81. The topological polar surface area (TPSA) is 90.9 Å². The van der Waals surface area contributed by atoms with E-state index in [-0.39, 0.29) is 18.8 Å². The summed E-state index contributed by atoms with van der Waals surface area (Å²) in [6.45, 7) is 6.21. The number of ether oxygens (including phenoxy) is 1. The van der Waals surface area contributed by atoms with Crippen LogP contribution < -0.4 is 10.6 Å². The molecular weight excluding hydrogens is 450 g/mol. The Morgan fingerprint density at radius 1 is 1.22 bits per heavy atom. The Morgan fingerprint density at radius 3 is 2.44 bits per heavy atom. The molecule has 0 spiro atoms. The summed E-state index contributed by atoms with van der Waals surface area (Å²) in [6.07, 6.45) is 0.245. The van der Waals surface area contributed by atoms with E-state index in [1.807, 2.05) is 0 Å². The molecule has 32 heavy (non-hydrogen) atoms. The van der Waals surface area contributed by atoms with Crippen LogP contribution in [0.15, 0.2) is 48.5 Å². The molecule has 3 rings (SSSR count). The van der Waals surface area contributed by atoms with Gasteiger partial charge in [0.25, 0.3) is 5.91 Å². The van der Waals surface area contributed by atoms with Gasteiger partial charge in [-0.15, -0.1) is 0 Å². The zero-order chi connectivity index (χ0) is 23.3. The van der Waals surface area contributed by atoms with Crippen molar-refractivity contribution in [3.8, 4) is 5.75 Å². The molecule has 9 heteroatoms. The summed E-state index contributed by atoms with van der Waals surface area (Å²) in [5.41, 5.74) is 2.81. The van der Waals surface area contributed by atoms with Gasteiger partial charge in [0.05, 0.1) is 22.7 Å². The lowest BCUT2D eigenvalue weighted by atomic mass is 10.1. The smallest absolute Gasteiger partial charge is 0.328 e. The number of hydrogen-bond acceptors (Lipinski definition) is 6. The number of phenols is 1. The third-order valence-corrected chi connectivity index (χ3v) is 5.30. The van der Waals surface area contributed by atoms with Crippen molar-refractivity contribution in [3.63, 3.8) is 0 Å². The number of thiocarbonyl (C=S) groups is 1. The van der Waals surface area contributed by atoms with E-state index in [1.165, 1.54) is 12.1 Å². The Balaban J connectivity index is 0.000000380. The predicted octanol–water partition coefficient (Wildman–Crippen LogP) is 2.80. The van der Waals surface area contributed by atoms with E-state index in [4.69, 9.17) is 28.6 Å². The average molecular weight is 478 g/mol. The number of esters is 1. The fraction of sp³-hybridized carbons (Fsp3) is 0.348. The highest BCUT2D eigenvalue weighted by molar-refractivity contribution is 7.78. The van der Waals surface area contributed by atoms with Crippen LogP contribution in [0.3, 0.4) is 0 Å². The minimum atomic E-state index is -0.849. The van der Waals surface area contributed by atoms with Crippen LogP contribution in [0.2, 0.25) is 5.02 Å². The summed E-state index contributed by atoms with van der Waals surface area (Å²) in [6, 6.07) is 12.2. The first-order chi connectivity index (χ1) is 15.4. The number of benzene rings is 2. The molecule has 1 amide bonds. The minimum absolute atomic E-state index is 0.131. The van der Waals surface area contributed by atoms with Gasteiger partial charge in [-0.25, -0.2) is 4.79 Å². The van der Waals surface area contributed by atoms with Crippen molar-refractivity contribution in [2.24, 2.45) is 0 Å². The number of phenolic OH excluding ortho intramolecular Hbond substituents is 1. The number of nitrogens with one attached hydrogen (secondary N) is 2. The van der Waals surface area contributed by atoms with Gasteiger partial charge in [-0.3, -0.25) is 4.79 Å². The molecule has 0 radical (unpaired) electrons. The second-order valence-corrected chi connectivity index (χ2v) is 7.64. The third kappa shape index (κ3) is 8.45. The quantitative estimate of drug-likeness (QED) is 0.417. The largest absolute Gasteiger partial charge is 0.508 e. The van der Waals surface area contributed by atoms with Crippen molar-refractivity contribution in [3.05, 3.63) is 64.7 Å². The molecule has 0 aromatic heterocycles. The van der Waals surface area contributed by atoms with Gasteiger partial charge >= 0.3 is 5.97 Å². The lowest BCUT2D eigenvalue weighted by Gasteiger charge is -2.24. The van der Waals surface area contributed by atoms with E-state index in [1.54, 1.807) is 48.8 Å². The van der Waals surface area contributed by atoms with Crippen LogP contribution in [0.5, 0.6) is 5.75 Å². The number of carbonyl (C=O) groups is 2. The number of rotatable bonds is 7. The van der Waals surface area contributed by atoms with Gasteiger partial charge in [0.15, 0.2) is 0 Å². The maximum atomic E-state index is 12.4. The van der Waals surface area contributed by atoms with E-state index >= 15 is 0 Å². The summed E-state index contributed by atoms with van der Waals surface area (Å²) in [4.78, 5) is 26.7. The van der Waals surface area contributed by atoms with Crippen molar-refractivity contribution in [2.45, 2.75) is 19.4 Å². The van der Waals surface area contributed by atoms with E-state index in [0.29, 0.717) is 10.6 Å². The summed E-state index contributed by atoms with van der Waals surface area (Å²) >= 11 is 10.8. The highest BCUT2D eigenvalue weighted by Crippen LogP contribution is 2.16. The fourth-order valence-electron chi connectivity index (χ4n) is 2.97. The van der Waals surface area contributed by atoms with Crippen molar-refractivity contribution < 1.29 is 19.4 Å². The van der Waals surface area contributed by atoms with Crippen molar-refractivity contribution in [2.75, 3.05) is 32.8 Å². The van der Waals surface area contributed by atoms with Crippen LogP contribution in [0.25, 0.3) is 0 Å². The standard InChI is InChI=1S/C18H18ClNO4.C5H10N2S/c1-2-24-18(23)16(11-12-7-9-13(21)10-8-12)20-17(22)14-5-3-4-6-15(14)19;8-5-7-3-1-6-2-4-7/h3-10,16,21H,2,11H2,1H3,(H,20,22);5-6H,1-4H2. The van der Waals surface area contributed by atoms with Gasteiger partial charge in [0.2, 0.25) is 0 Å². The number of hydrogen-bond donors (Lipinski definition) is 3. The first-order valence-electron chi connectivity index (χ1n) is 10.3. The summed E-state index contributed by atoms with van der Waals surface area (Å²) < 4.78 is 5.03. The summed E-state index contributed by atoms with van der Waals surface area (Å²) in [7, 11) is 0. The molecule has 1 heterocycles. The third-order valence-electron chi connectivity index (χ3n) is 4.67. The Hall–Kier alpha value is -2.68. The van der Waals surface area contributed by atoms with Crippen molar-refractivity contribution in [1.82, 2.24) is 15.5 Å². The van der Waals surface area contributed by atoms with E-state index in [2.05, 4.69) is 15.5 Å². The highest BCUT2D eigenvalue weighted by Gasteiger charge is 2.24. The molecule has 1 saturated heterocycles. The van der Waals surface area contributed by atoms with Crippen LogP contribution in [-0.2, 0) is 16.0 Å². The van der Waals surface area contributed by atoms with Gasteiger partial charge in [-0.1, -0.05) is 48.1 Å². The second-order valence-electron chi connectivity index (χ2n) is 7.02. The van der Waals surface area contributed by atoms with E-state index in [9.17, 15) is 14.7 Å². The molecule has 1 fully saturated rings. The normalized spacial score (nSPS) is 13.9. The van der Waals surface area contributed by atoms with Gasteiger partial charge in [-0.2, -0.15) is 0 Å². The lowest BCUT2D eigenvalue weighted by Crippen LogP contribution is -2.43. The van der Waals surface area contributed by atoms with Crippen LogP contribution in [0, 0.1) is 0 Å². The second kappa shape index (κ2) is 13.7. The fourth-order valence-corrected chi connectivity index (χ4v) is 3.41. The number of amides is 1. The van der Waals surface area contributed by atoms with E-state index < -0.39 is 17.9 Å².